The lowest BCUT2D eigenvalue weighted by molar-refractivity contribution is -0.148. The quantitative estimate of drug-likeness (QED) is 0.310. The second-order valence-electron chi connectivity index (χ2n) is 6.11. The Balaban J connectivity index is 2.06. The molecule has 0 saturated heterocycles. The molecule has 31 heavy (non-hydrogen) atoms. The van der Waals surface area contributed by atoms with E-state index in [1.165, 1.54) is 52.5 Å². The zero-order valence-corrected chi connectivity index (χ0v) is 19.4. The second kappa shape index (κ2) is 11.1. The van der Waals surface area contributed by atoms with Crippen molar-refractivity contribution in [3.8, 4) is 17.2 Å². The Morgan fingerprint density at radius 3 is 2.03 bits per heavy atom. The lowest BCUT2D eigenvalue weighted by Gasteiger charge is -2.14. The van der Waals surface area contributed by atoms with Gasteiger partial charge in [0.2, 0.25) is 5.75 Å². The minimum absolute atomic E-state index is 0.198. The first-order valence-electron chi connectivity index (χ1n) is 8.84. The Kier molecular flexibility index (Phi) is 8.86. The maximum absolute atomic E-state index is 12.3. The van der Waals surface area contributed by atoms with Crippen molar-refractivity contribution in [2.45, 2.75) is 13.0 Å². The molecule has 0 bridgehead atoms. The standard InChI is InChI=1S/C21H20Cl3NO6/c1-11(21(27)25-16-10-14(23)13(22)9-15(16)24)31-19(26)6-5-12-7-17(28-2)20(30-4)18(8-12)29-3/h5-11H,1-4H3,(H,25,27)/b6-5+/t11-/m0/s1. The fourth-order valence-electron chi connectivity index (χ4n) is 2.48. The Bertz CT molecular complexity index is 984. The number of methoxy groups -OCH3 is 3. The number of benzene rings is 2. The van der Waals surface area contributed by atoms with Crippen molar-refractivity contribution in [3.63, 3.8) is 0 Å². The molecule has 0 spiro atoms. The number of anilines is 1. The van der Waals surface area contributed by atoms with Gasteiger partial charge in [0.25, 0.3) is 5.91 Å². The maximum Gasteiger partial charge on any atom is 0.331 e. The molecule has 0 radical (unpaired) electrons. The highest BCUT2D eigenvalue weighted by Crippen LogP contribution is 2.38. The first-order chi connectivity index (χ1) is 14.7. The smallest absolute Gasteiger partial charge is 0.331 e. The van der Waals surface area contributed by atoms with E-state index >= 15 is 0 Å². The summed E-state index contributed by atoms with van der Waals surface area (Å²) in [6, 6.07) is 6.13. The van der Waals surface area contributed by atoms with Crippen LogP contribution in [0.1, 0.15) is 12.5 Å². The van der Waals surface area contributed by atoms with Gasteiger partial charge in [0.1, 0.15) is 0 Å². The minimum Gasteiger partial charge on any atom is -0.493 e. The highest BCUT2D eigenvalue weighted by molar-refractivity contribution is 6.44. The molecule has 0 aromatic heterocycles. The maximum atomic E-state index is 12.3. The molecule has 0 heterocycles. The Labute approximate surface area is 194 Å². The molecule has 0 aliphatic heterocycles. The summed E-state index contributed by atoms with van der Waals surface area (Å²) in [6.45, 7) is 1.42. The summed E-state index contributed by atoms with van der Waals surface area (Å²) in [5, 5.41) is 3.21. The number of nitrogens with one attached hydrogen (secondary N) is 1. The van der Waals surface area contributed by atoms with E-state index in [2.05, 4.69) is 5.32 Å². The Hall–Kier alpha value is -2.61. The second-order valence-corrected chi connectivity index (χ2v) is 7.33. The van der Waals surface area contributed by atoms with Crippen LogP contribution in [0.3, 0.4) is 0 Å². The number of hydrogen-bond donors (Lipinski definition) is 1. The van der Waals surface area contributed by atoms with E-state index in [0.29, 0.717) is 22.8 Å². The van der Waals surface area contributed by atoms with Crippen molar-refractivity contribution in [1.29, 1.82) is 0 Å². The van der Waals surface area contributed by atoms with Gasteiger partial charge in [0.05, 0.1) is 42.1 Å². The molecule has 2 aromatic rings. The van der Waals surface area contributed by atoms with E-state index < -0.39 is 18.0 Å². The van der Waals surface area contributed by atoms with Gasteiger partial charge in [-0.3, -0.25) is 4.79 Å². The molecule has 10 heteroatoms. The summed E-state index contributed by atoms with van der Waals surface area (Å²) in [5.41, 5.74) is 0.850. The van der Waals surface area contributed by atoms with Crippen LogP contribution in [0.4, 0.5) is 5.69 Å². The summed E-state index contributed by atoms with van der Waals surface area (Å²) >= 11 is 17.8. The van der Waals surface area contributed by atoms with Crippen LogP contribution in [-0.2, 0) is 14.3 Å². The zero-order valence-electron chi connectivity index (χ0n) is 17.1. The molecule has 2 aromatic carbocycles. The molecule has 166 valence electrons. The van der Waals surface area contributed by atoms with Gasteiger partial charge in [0.15, 0.2) is 17.6 Å². The lowest BCUT2D eigenvalue weighted by Crippen LogP contribution is -2.29. The number of amides is 1. The molecule has 0 aliphatic carbocycles. The van der Waals surface area contributed by atoms with E-state index in [0.717, 1.165) is 0 Å². The van der Waals surface area contributed by atoms with Crippen molar-refractivity contribution in [1.82, 2.24) is 0 Å². The van der Waals surface area contributed by atoms with Crippen molar-refractivity contribution < 1.29 is 28.5 Å². The summed E-state index contributed by atoms with van der Waals surface area (Å²) in [5.74, 6) is -0.0234. The molecule has 0 unspecified atom stereocenters. The van der Waals surface area contributed by atoms with Crippen LogP contribution in [0.2, 0.25) is 15.1 Å². The van der Waals surface area contributed by atoms with Crippen LogP contribution in [0.25, 0.3) is 6.08 Å². The largest absolute Gasteiger partial charge is 0.493 e. The van der Waals surface area contributed by atoms with Crippen LogP contribution < -0.4 is 19.5 Å². The Morgan fingerprint density at radius 2 is 1.48 bits per heavy atom. The SMILES string of the molecule is COc1cc(/C=C/C(=O)O[C@@H](C)C(=O)Nc2cc(Cl)c(Cl)cc2Cl)cc(OC)c1OC. The zero-order chi connectivity index (χ0) is 23.1. The number of hydrogen-bond acceptors (Lipinski definition) is 6. The van der Waals surface area contributed by atoms with Crippen LogP contribution in [0, 0.1) is 0 Å². The molecule has 2 rings (SSSR count). The van der Waals surface area contributed by atoms with Crippen molar-refractivity contribution >= 4 is 58.4 Å². The van der Waals surface area contributed by atoms with Gasteiger partial charge in [-0.05, 0) is 42.8 Å². The number of ether oxygens (including phenoxy) is 4. The first kappa shape index (κ1) is 24.7. The van der Waals surface area contributed by atoms with Crippen LogP contribution in [0.15, 0.2) is 30.3 Å². The lowest BCUT2D eigenvalue weighted by atomic mass is 10.1. The van der Waals surface area contributed by atoms with E-state index in [-0.39, 0.29) is 20.8 Å². The van der Waals surface area contributed by atoms with E-state index in [4.69, 9.17) is 53.8 Å². The highest BCUT2D eigenvalue weighted by Gasteiger charge is 2.19. The number of carbonyl (C=O) groups is 2. The Morgan fingerprint density at radius 1 is 0.903 bits per heavy atom. The van der Waals surface area contributed by atoms with Gasteiger partial charge >= 0.3 is 5.97 Å². The van der Waals surface area contributed by atoms with Gasteiger partial charge in [-0.1, -0.05) is 34.8 Å². The third kappa shape index (κ3) is 6.43. The molecular formula is C21H20Cl3NO6. The van der Waals surface area contributed by atoms with E-state index in [9.17, 15) is 9.59 Å². The van der Waals surface area contributed by atoms with E-state index in [1.54, 1.807) is 12.1 Å². The summed E-state index contributed by atoms with van der Waals surface area (Å²) < 4.78 is 20.9. The van der Waals surface area contributed by atoms with Gasteiger partial charge in [-0.2, -0.15) is 0 Å². The van der Waals surface area contributed by atoms with Crippen LogP contribution in [-0.4, -0.2) is 39.3 Å². The predicted molar refractivity (Wildman–Crippen MR) is 121 cm³/mol. The molecule has 0 fully saturated rings. The summed E-state index contributed by atoms with van der Waals surface area (Å²) in [6.07, 6.45) is 1.58. The molecule has 7 nitrogen and oxygen atoms in total. The average Bonchev–Trinajstić information content (AvgIpc) is 2.74. The third-order valence-corrected chi connectivity index (χ3v) is 5.06. The molecule has 0 saturated carbocycles. The monoisotopic (exact) mass is 487 g/mol. The fraction of sp³-hybridized carbons (Fsp3) is 0.238. The van der Waals surface area contributed by atoms with Crippen molar-refractivity contribution in [2.75, 3.05) is 26.6 Å². The summed E-state index contributed by atoms with van der Waals surface area (Å²) in [7, 11) is 4.46. The molecular weight excluding hydrogens is 469 g/mol. The number of esters is 1. The molecule has 1 N–H and O–H groups in total. The molecule has 1 amide bonds. The van der Waals surface area contributed by atoms with Crippen LogP contribution in [0.5, 0.6) is 17.2 Å². The topological polar surface area (TPSA) is 83.1 Å². The molecule has 0 aliphatic rings. The van der Waals surface area contributed by atoms with Gasteiger partial charge in [-0.25, -0.2) is 4.79 Å². The normalized spacial score (nSPS) is 11.7. The van der Waals surface area contributed by atoms with Crippen molar-refractivity contribution in [3.05, 3.63) is 51.0 Å². The number of halogens is 3. The average molecular weight is 489 g/mol. The fourth-order valence-corrected chi connectivity index (χ4v) is 3.08. The van der Waals surface area contributed by atoms with Crippen LogP contribution >= 0.6 is 34.8 Å². The van der Waals surface area contributed by atoms with Gasteiger partial charge in [-0.15, -0.1) is 0 Å². The van der Waals surface area contributed by atoms with Gasteiger partial charge < -0.3 is 24.3 Å². The molecule has 1 atom stereocenters. The summed E-state index contributed by atoms with van der Waals surface area (Å²) in [4.78, 5) is 24.5. The highest BCUT2D eigenvalue weighted by atomic mass is 35.5. The van der Waals surface area contributed by atoms with E-state index in [1.807, 2.05) is 0 Å². The first-order valence-corrected chi connectivity index (χ1v) is 9.97. The third-order valence-electron chi connectivity index (χ3n) is 4.03. The minimum atomic E-state index is -1.09. The van der Waals surface area contributed by atoms with Gasteiger partial charge in [0, 0.05) is 6.08 Å². The van der Waals surface area contributed by atoms with Crippen molar-refractivity contribution in [2.24, 2.45) is 0 Å². The number of carbonyl (C=O) groups excluding carboxylic acids is 2. The predicted octanol–water partition coefficient (Wildman–Crippen LogP) is 5.26. The number of rotatable bonds is 8.